The maximum atomic E-state index is 12.6. The zero-order valence-corrected chi connectivity index (χ0v) is 17.2. The van der Waals surface area contributed by atoms with Gasteiger partial charge in [0.25, 0.3) is 5.91 Å². The summed E-state index contributed by atoms with van der Waals surface area (Å²) in [6.45, 7) is 1.39. The summed E-state index contributed by atoms with van der Waals surface area (Å²) in [4.78, 5) is 26.2. The Balaban J connectivity index is 1.38. The lowest BCUT2D eigenvalue weighted by atomic mass is 10.1. The van der Waals surface area contributed by atoms with Gasteiger partial charge in [-0.05, 0) is 54.4 Å². The van der Waals surface area contributed by atoms with Gasteiger partial charge in [0.2, 0.25) is 5.91 Å². The van der Waals surface area contributed by atoms with E-state index in [0.717, 1.165) is 29.9 Å². The molecule has 0 aromatic heterocycles. The molecule has 3 aromatic carbocycles. The van der Waals surface area contributed by atoms with Gasteiger partial charge in [0.1, 0.15) is 0 Å². The van der Waals surface area contributed by atoms with Gasteiger partial charge in [0, 0.05) is 36.4 Å². The summed E-state index contributed by atoms with van der Waals surface area (Å²) in [6, 6.07) is 22.5. The second-order valence-electron chi connectivity index (χ2n) is 7.18. The predicted octanol–water partition coefficient (Wildman–Crippen LogP) is 5.33. The Bertz CT molecular complexity index is 1050. The molecule has 30 heavy (non-hydrogen) atoms. The van der Waals surface area contributed by atoms with Crippen LogP contribution in [0.15, 0.2) is 72.8 Å². The van der Waals surface area contributed by atoms with Crippen molar-refractivity contribution in [2.24, 2.45) is 0 Å². The van der Waals surface area contributed by atoms with Gasteiger partial charge in [-0.15, -0.1) is 0 Å². The van der Waals surface area contributed by atoms with E-state index in [4.69, 9.17) is 11.6 Å². The fourth-order valence-corrected chi connectivity index (χ4v) is 3.69. The van der Waals surface area contributed by atoms with Gasteiger partial charge in [0.15, 0.2) is 0 Å². The molecule has 3 aromatic rings. The molecule has 0 atom stereocenters. The fraction of sp³-hybridized carbons (Fsp3) is 0.167. The Morgan fingerprint density at radius 2 is 1.77 bits per heavy atom. The summed E-state index contributed by atoms with van der Waals surface area (Å²) in [5, 5.41) is 6.70. The molecule has 4 rings (SSSR count). The van der Waals surface area contributed by atoms with Crippen molar-refractivity contribution in [2.75, 3.05) is 22.1 Å². The molecule has 0 spiro atoms. The number of carbonyl (C=O) groups is 2. The van der Waals surface area contributed by atoms with Crippen LogP contribution < -0.4 is 15.5 Å². The minimum absolute atomic E-state index is 0.128. The number of benzene rings is 3. The first-order valence-corrected chi connectivity index (χ1v) is 10.3. The lowest BCUT2D eigenvalue weighted by Crippen LogP contribution is -2.23. The topological polar surface area (TPSA) is 61.4 Å². The number of nitrogens with one attached hydrogen (secondary N) is 2. The lowest BCUT2D eigenvalue weighted by Gasteiger charge is -2.16. The smallest absolute Gasteiger partial charge is 0.255 e. The van der Waals surface area contributed by atoms with Crippen LogP contribution >= 0.6 is 11.6 Å². The van der Waals surface area contributed by atoms with Crippen LogP contribution in [-0.2, 0) is 11.3 Å². The van der Waals surface area contributed by atoms with Crippen molar-refractivity contribution < 1.29 is 9.59 Å². The lowest BCUT2D eigenvalue weighted by molar-refractivity contribution is -0.117. The molecule has 5 nitrogen and oxygen atoms in total. The van der Waals surface area contributed by atoms with E-state index in [9.17, 15) is 9.59 Å². The monoisotopic (exact) mass is 419 g/mol. The molecule has 1 aliphatic heterocycles. The molecular weight excluding hydrogens is 398 g/mol. The molecule has 1 fully saturated rings. The van der Waals surface area contributed by atoms with E-state index in [-0.39, 0.29) is 11.8 Å². The van der Waals surface area contributed by atoms with E-state index in [0.29, 0.717) is 29.2 Å². The summed E-state index contributed by atoms with van der Waals surface area (Å²) >= 11 is 6.38. The van der Waals surface area contributed by atoms with E-state index < -0.39 is 0 Å². The Morgan fingerprint density at radius 1 is 1.00 bits per heavy atom. The normalized spacial score (nSPS) is 13.4. The highest BCUT2D eigenvalue weighted by atomic mass is 35.5. The fourth-order valence-electron chi connectivity index (χ4n) is 3.45. The summed E-state index contributed by atoms with van der Waals surface area (Å²) in [7, 11) is 0. The zero-order valence-electron chi connectivity index (χ0n) is 16.4. The number of hydrogen-bond donors (Lipinski definition) is 2. The van der Waals surface area contributed by atoms with E-state index in [1.54, 1.807) is 23.1 Å². The van der Waals surface area contributed by atoms with Gasteiger partial charge >= 0.3 is 0 Å². The number of halogens is 1. The first kappa shape index (κ1) is 20.0. The van der Waals surface area contributed by atoms with Crippen molar-refractivity contribution in [3.63, 3.8) is 0 Å². The second-order valence-corrected chi connectivity index (χ2v) is 7.59. The van der Waals surface area contributed by atoms with E-state index in [1.165, 1.54) is 0 Å². The molecule has 1 aliphatic rings. The van der Waals surface area contributed by atoms with E-state index in [1.807, 2.05) is 54.6 Å². The highest BCUT2D eigenvalue weighted by molar-refractivity contribution is 6.33. The van der Waals surface area contributed by atoms with Crippen molar-refractivity contribution in [3.8, 4) is 0 Å². The minimum atomic E-state index is -0.227. The molecule has 0 saturated carbocycles. The van der Waals surface area contributed by atoms with Crippen molar-refractivity contribution >= 4 is 40.5 Å². The summed E-state index contributed by atoms with van der Waals surface area (Å²) in [5.41, 5.74) is 3.93. The molecular formula is C24H22ClN3O2. The van der Waals surface area contributed by atoms with Gasteiger partial charge < -0.3 is 15.5 Å². The average molecular weight is 420 g/mol. The van der Waals surface area contributed by atoms with Crippen molar-refractivity contribution in [1.82, 2.24) is 0 Å². The average Bonchev–Trinajstić information content (AvgIpc) is 3.20. The van der Waals surface area contributed by atoms with Crippen LogP contribution in [-0.4, -0.2) is 18.4 Å². The Kier molecular flexibility index (Phi) is 6.00. The zero-order chi connectivity index (χ0) is 20.9. The van der Waals surface area contributed by atoms with Crippen LogP contribution in [0.5, 0.6) is 0 Å². The standard InChI is InChI=1S/C24H22ClN3O2/c25-21-15-19(10-13-22(21)26-16-17-5-2-1-3-6-17)27-24(30)18-8-11-20(12-9-18)28-14-4-7-23(28)29/h1-3,5-6,8-13,15,26H,4,7,14,16H2,(H,27,30). The molecule has 0 aliphatic carbocycles. The number of carbonyl (C=O) groups excluding carboxylic acids is 2. The van der Waals surface area contributed by atoms with Gasteiger partial charge in [-0.1, -0.05) is 41.9 Å². The highest BCUT2D eigenvalue weighted by Gasteiger charge is 2.21. The Morgan fingerprint density at radius 3 is 2.43 bits per heavy atom. The van der Waals surface area contributed by atoms with Crippen molar-refractivity contribution in [1.29, 1.82) is 0 Å². The molecule has 1 saturated heterocycles. The van der Waals surface area contributed by atoms with Crippen molar-refractivity contribution in [3.05, 3.63) is 88.9 Å². The molecule has 6 heteroatoms. The van der Waals surface area contributed by atoms with Crippen LogP contribution in [0.2, 0.25) is 5.02 Å². The van der Waals surface area contributed by atoms with Gasteiger partial charge in [-0.2, -0.15) is 0 Å². The third-order valence-corrected chi connectivity index (χ3v) is 5.38. The number of amides is 2. The highest BCUT2D eigenvalue weighted by Crippen LogP contribution is 2.27. The quantitative estimate of drug-likeness (QED) is 0.567. The summed E-state index contributed by atoms with van der Waals surface area (Å²) < 4.78 is 0. The Labute approximate surface area is 180 Å². The van der Waals surface area contributed by atoms with Crippen LogP contribution in [0.1, 0.15) is 28.8 Å². The third kappa shape index (κ3) is 4.63. The van der Waals surface area contributed by atoms with Gasteiger partial charge in [0.05, 0.1) is 10.7 Å². The summed E-state index contributed by atoms with van der Waals surface area (Å²) in [6.07, 6.45) is 1.46. The van der Waals surface area contributed by atoms with Gasteiger partial charge in [-0.3, -0.25) is 9.59 Å². The van der Waals surface area contributed by atoms with Crippen LogP contribution in [0.3, 0.4) is 0 Å². The van der Waals surface area contributed by atoms with E-state index in [2.05, 4.69) is 10.6 Å². The molecule has 2 N–H and O–H groups in total. The first-order chi connectivity index (χ1) is 14.6. The second kappa shape index (κ2) is 9.01. The largest absolute Gasteiger partial charge is 0.380 e. The third-order valence-electron chi connectivity index (χ3n) is 5.07. The van der Waals surface area contributed by atoms with Crippen LogP contribution in [0.4, 0.5) is 17.1 Å². The maximum absolute atomic E-state index is 12.6. The molecule has 0 bridgehead atoms. The first-order valence-electron chi connectivity index (χ1n) is 9.89. The SMILES string of the molecule is O=C(Nc1ccc(NCc2ccccc2)c(Cl)c1)c1ccc(N2CCCC2=O)cc1. The predicted molar refractivity (Wildman–Crippen MR) is 121 cm³/mol. The molecule has 0 unspecified atom stereocenters. The van der Waals surface area contributed by atoms with Gasteiger partial charge in [-0.25, -0.2) is 0 Å². The van der Waals surface area contributed by atoms with E-state index >= 15 is 0 Å². The minimum Gasteiger partial charge on any atom is -0.380 e. The van der Waals surface area contributed by atoms with Crippen LogP contribution in [0.25, 0.3) is 0 Å². The molecule has 0 radical (unpaired) electrons. The number of hydrogen-bond acceptors (Lipinski definition) is 3. The molecule has 2 amide bonds. The summed E-state index contributed by atoms with van der Waals surface area (Å²) in [5.74, 6) is -0.0989. The number of nitrogens with zero attached hydrogens (tertiary/aromatic N) is 1. The number of anilines is 3. The maximum Gasteiger partial charge on any atom is 0.255 e. The Hall–Kier alpha value is -3.31. The molecule has 152 valence electrons. The number of rotatable bonds is 6. The van der Waals surface area contributed by atoms with Crippen LogP contribution in [0, 0.1) is 0 Å². The molecule has 1 heterocycles. The van der Waals surface area contributed by atoms with Crippen molar-refractivity contribution in [2.45, 2.75) is 19.4 Å².